The topological polar surface area (TPSA) is 76.2 Å². The van der Waals surface area contributed by atoms with Crippen molar-refractivity contribution in [1.29, 1.82) is 0 Å². The van der Waals surface area contributed by atoms with Crippen LogP contribution >= 0.6 is 0 Å². The van der Waals surface area contributed by atoms with Crippen molar-refractivity contribution in [2.75, 3.05) is 18.4 Å². The number of nitrogens with one attached hydrogen (secondary N) is 1. The largest absolute Gasteiger partial charge is 0.468 e. The third kappa shape index (κ3) is 3.14. The first kappa shape index (κ1) is 16.3. The SMILES string of the molecule is O=C(Nc1ccccc1)c1nnc2n1C[C@@H]1CN(Cc3ccco3)C[C@H]1C2. The molecule has 1 N–H and O–H groups in total. The van der Waals surface area contributed by atoms with E-state index in [9.17, 15) is 4.79 Å². The van der Waals surface area contributed by atoms with Gasteiger partial charge in [0, 0.05) is 31.7 Å². The second-order valence-electron chi connectivity index (χ2n) is 7.37. The number of likely N-dealkylation sites (tertiary alicyclic amines) is 1. The van der Waals surface area contributed by atoms with Crippen molar-refractivity contribution in [2.24, 2.45) is 11.8 Å². The molecule has 0 bridgehead atoms. The van der Waals surface area contributed by atoms with Crippen molar-refractivity contribution in [3.8, 4) is 0 Å². The average molecular weight is 363 g/mol. The van der Waals surface area contributed by atoms with Crippen LogP contribution in [-0.4, -0.2) is 38.7 Å². The molecule has 7 nitrogen and oxygen atoms in total. The lowest BCUT2D eigenvalue weighted by atomic mass is 9.89. The van der Waals surface area contributed by atoms with E-state index in [0.717, 1.165) is 49.9 Å². The molecule has 1 amide bonds. The van der Waals surface area contributed by atoms with E-state index in [0.29, 0.717) is 17.7 Å². The lowest BCUT2D eigenvalue weighted by Crippen LogP contribution is -2.31. The van der Waals surface area contributed by atoms with Crippen LogP contribution in [0.5, 0.6) is 0 Å². The van der Waals surface area contributed by atoms with Crippen LogP contribution in [0.4, 0.5) is 5.69 Å². The molecule has 0 saturated carbocycles. The van der Waals surface area contributed by atoms with Gasteiger partial charge in [-0.05, 0) is 36.1 Å². The summed E-state index contributed by atoms with van der Waals surface area (Å²) >= 11 is 0. The highest BCUT2D eigenvalue weighted by Crippen LogP contribution is 2.33. The van der Waals surface area contributed by atoms with Gasteiger partial charge in [0.1, 0.15) is 11.6 Å². The highest BCUT2D eigenvalue weighted by atomic mass is 16.3. The Labute approximate surface area is 157 Å². The number of carbonyl (C=O) groups is 1. The molecule has 2 atom stereocenters. The smallest absolute Gasteiger partial charge is 0.293 e. The van der Waals surface area contributed by atoms with Gasteiger partial charge in [0.25, 0.3) is 5.91 Å². The van der Waals surface area contributed by atoms with Crippen molar-refractivity contribution >= 4 is 11.6 Å². The fourth-order valence-corrected chi connectivity index (χ4v) is 4.25. The molecule has 7 heteroatoms. The van der Waals surface area contributed by atoms with Crippen LogP contribution in [0, 0.1) is 11.8 Å². The second kappa shape index (κ2) is 6.66. The zero-order valence-electron chi connectivity index (χ0n) is 14.9. The van der Waals surface area contributed by atoms with E-state index in [-0.39, 0.29) is 5.91 Å². The molecule has 27 heavy (non-hydrogen) atoms. The fourth-order valence-electron chi connectivity index (χ4n) is 4.25. The first-order chi connectivity index (χ1) is 13.3. The molecule has 2 aliphatic rings. The lowest BCUT2D eigenvalue weighted by Gasteiger charge is -2.25. The monoisotopic (exact) mass is 363 g/mol. The van der Waals surface area contributed by atoms with Gasteiger partial charge in [-0.15, -0.1) is 10.2 Å². The van der Waals surface area contributed by atoms with Crippen LogP contribution in [0.3, 0.4) is 0 Å². The van der Waals surface area contributed by atoms with E-state index < -0.39 is 0 Å². The quantitative estimate of drug-likeness (QED) is 0.770. The molecular weight excluding hydrogens is 342 g/mol. The van der Waals surface area contributed by atoms with Gasteiger partial charge in [0.05, 0.1) is 12.8 Å². The number of amides is 1. The van der Waals surface area contributed by atoms with Gasteiger partial charge in [0.2, 0.25) is 5.82 Å². The highest BCUT2D eigenvalue weighted by molar-refractivity contribution is 6.01. The average Bonchev–Trinajstić information content (AvgIpc) is 3.40. The third-order valence-corrected chi connectivity index (χ3v) is 5.54. The number of fused-ring (bicyclic) bond motifs is 2. The van der Waals surface area contributed by atoms with Crippen LogP contribution < -0.4 is 5.32 Å². The minimum absolute atomic E-state index is 0.205. The van der Waals surface area contributed by atoms with Gasteiger partial charge in [-0.3, -0.25) is 9.69 Å². The first-order valence-corrected chi connectivity index (χ1v) is 9.29. The summed E-state index contributed by atoms with van der Waals surface area (Å²) in [5.74, 6) is 3.17. The maximum Gasteiger partial charge on any atom is 0.293 e. The molecule has 0 radical (unpaired) electrons. The van der Waals surface area contributed by atoms with Crippen LogP contribution in [0.15, 0.2) is 53.1 Å². The summed E-state index contributed by atoms with van der Waals surface area (Å²) in [6, 6.07) is 13.4. The minimum Gasteiger partial charge on any atom is -0.468 e. The van der Waals surface area contributed by atoms with Gasteiger partial charge in [-0.1, -0.05) is 18.2 Å². The van der Waals surface area contributed by atoms with Crippen LogP contribution in [0.25, 0.3) is 0 Å². The molecule has 138 valence electrons. The first-order valence-electron chi connectivity index (χ1n) is 9.29. The van der Waals surface area contributed by atoms with Crippen molar-refractivity contribution in [3.05, 3.63) is 66.1 Å². The summed E-state index contributed by atoms with van der Waals surface area (Å²) in [7, 11) is 0. The Bertz CT molecular complexity index is 935. The van der Waals surface area contributed by atoms with Gasteiger partial charge in [-0.2, -0.15) is 0 Å². The van der Waals surface area contributed by atoms with Crippen molar-refractivity contribution in [3.63, 3.8) is 0 Å². The molecule has 1 saturated heterocycles. The molecule has 5 rings (SSSR count). The van der Waals surface area contributed by atoms with Gasteiger partial charge in [0.15, 0.2) is 0 Å². The standard InChI is InChI=1S/C20H21N5O2/c26-20(21-16-5-2-1-3-6-16)19-23-22-18-9-14-10-24(11-15(14)12-25(18)19)13-17-7-4-8-27-17/h1-8,14-15H,9-13H2,(H,21,26)/t14-,15+/m1/s1. The summed E-state index contributed by atoms with van der Waals surface area (Å²) in [6.07, 6.45) is 2.59. The Hall–Kier alpha value is -2.93. The predicted molar refractivity (Wildman–Crippen MR) is 99.1 cm³/mol. The summed E-state index contributed by atoms with van der Waals surface area (Å²) in [5, 5.41) is 11.4. The van der Waals surface area contributed by atoms with E-state index in [1.54, 1.807) is 6.26 Å². The number of hydrogen-bond acceptors (Lipinski definition) is 5. The number of benzene rings is 1. The van der Waals surface area contributed by atoms with E-state index in [2.05, 4.69) is 20.4 Å². The Morgan fingerprint density at radius 1 is 1.07 bits per heavy atom. The number of anilines is 1. The Morgan fingerprint density at radius 2 is 1.93 bits per heavy atom. The molecular formula is C20H21N5O2. The molecule has 0 spiro atoms. The van der Waals surface area contributed by atoms with Gasteiger partial charge in [-0.25, -0.2) is 0 Å². The highest BCUT2D eigenvalue weighted by Gasteiger charge is 2.39. The Kier molecular flexibility index (Phi) is 4.01. The van der Waals surface area contributed by atoms with Crippen molar-refractivity contribution in [2.45, 2.75) is 19.5 Å². The maximum atomic E-state index is 12.7. The number of hydrogen-bond donors (Lipinski definition) is 1. The Balaban J connectivity index is 1.30. The van der Waals surface area contributed by atoms with E-state index in [1.807, 2.05) is 47.0 Å². The number of nitrogens with zero attached hydrogens (tertiary/aromatic N) is 4. The number of carbonyl (C=O) groups excluding carboxylic acids is 1. The number of furan rings is 1. The summed E-state index contributed by atoms with van der Waals surface area (Å²) in [4.78, 5) is 15.1. The van der Waals surface area contributed by atoms with Crippen LogP contribution in [0.2, 0.25) is 0 Å². The van der Waals surface area contributed by atoms with E-state index in [4.69, 9.17) is 4.42 Å². The lowest BCUT2D eigenvalue weighted by molar-refractivity contribution is 0.100. The molecule has 2 aromatic heterocycles. The van der Waals surface area contributed by atoms with Crippen LogP contribution in [0.1, 0.15) is 22.2 Å². The van der Waals surface area contributed by atoms with Crippen molar-refractivity contribution < 1.29 is 9.21 Å². The molecule has 0 unspecified atom stereocenters. The molecule has 4 heterocycles. The van der Waals surface area contributed by atoms with Crippen LogP contribution in [-0.2, 0) is 19.5 Å². The van der Waals surface area contributed by atoms with Gasteiger partial charge < -0.3 is 14.3 Å². The fraction of sp³-hybridized carbons (Fsp3) is 0.350. The normalized spacial score (nSPS) is 21.6. The molecule has 3 aromatic rings. The van der Waals surface area contributed by atoms with E-state index >= 15 is 0 Å². The molecule has 2 aliphatic heterocycles. The van der Waals surface area contributed by atoms with E-state index in [1.165, 1.54) is 0 Å². The Morgan fingerprint density at radius 3 is 2.74 bits per heavy atom. The van der Waals surface area contributed by atoms with Crippen molar-refractivity contribution in [1.82, 2.24) is 19.7 Å². The molecule has 1 fully saturated rings. The number of rotatable bonds is 4. The maximum absolute atomic E-state index is 12.7. The zero-order valence-corrected chi connectivity index (χ0v) is 14.9. The molecule has 1 aromatic carbocycles. The van der Waals surface area contributed by atoms with Gasteiger partial charge >= 0.3 is 0 Å². The summed E-state index contributed by atoms with van der Waals surface area (Å²) in [5.41, 5.74) is 0.763. The third-order valence-electron chi connectivity index (χ3n) is 5.54. The summed E-state index contributed by atoms with van der Waals surface area (Å²) < 4.78 is 7.48. The number of aromatic nitrogens is 3. The predicted octanol–water partition coefficient (Wildman–Crippen LogP) is 2.43. The second-order valence-corrected chi connectivity index (χ2v) is 7.37. The molecule has 0 aliphatic carbocycles. The zero-order chi connectivity index (χ0) is 18.2. The number of para-hydroxylation sites is 1. The minimum atomic E-state index is -0.205. The summed E-state index contributed by atoms with van der Waals surface area (Å²) in [6.45, 7) is 3.66.